The lowest BCUT2D eigenvalue weighted by Gasteiger charge is -2.11. The van der Waals surface area contributed by atoms with Crippen LogP contribution in [0, 0.1) is 0 Å². The number of Topliss-reactive ketones (excluding diaryl/α,β-unsaturated/α-hetero) is 1. The van der Waals surface area contributed by atoms with Crippen LogP contribution in [0.15, 0.2) is 88.1 Å². The Labute approximate surface area is 164 Å². The van der Waals surface area contributed by atoms with Crippen LogP contribution in [0.3, 0.4) is 0 Å². The minimum Gasteiger partial charge on any atom is -0.292 e. The van der Waals surface area contributed by atoms with Crippen molar-refractivity contribution in [2.24, 2.45) is 0 Å². The minimum atomic E-state index is -0.268. The van der Waals surface area contributed by atoms with E-state index in [4.69, 9.17) is 0 Å². The van der Waals surface area contributed by atoms with Gasteiger partial charge in [-0.2, -0.15) is 5.10 Å². The summed E-state index contributed by atoms with van der Waals surface area (Å²) in [6.07, 6.45) is 0. The maximum absolute atomic E-state index is 12.9. The first kappa shape index (κ1) is 17.4. The van der Waals surface area contributed by atoms with Gasteiger partial charge < -0.3 is 0 Å². The van der Waals surface area contributed by atoms with Gasteiger partial charge >= 0.3 is 0 Å². The second kappa shape index (κ2) is 7.29. The summed E-state index contributed by atoms with van der Waals surface area (Å²) in [5, 5.41) is 5.85. The molecule has 4 nitrogen and oxygen atoms in total. The molecule has 1 heterocycles. The van der Waals surface area contributed by atoms with Crippen LogP contribution in [-0.4, -0.2) is 15.6 Å². The van der Waals surface area contributed by atoms with Gasteiger partial charge in [-0.3, -0.25) is 9.59 Å². The summed E-state index contributed by atoms with van der Waals surface area (Å²) < 4.78 is 2.22. The summed E-state index contributed by atoms with van der Waals surface area (Å²) in [7, 11) is 0. The van der Waals surface area contributed by atoms with Crippen LogP contribution >= 0.6 is 15.9 Å². The zero-order chi connectivity index (χ0) is 18.8. The fourth-order valence-corrected chi connectivity index (χ4v) is 3.28. The molecule has 132 valence electrons. The molecule has 0 aliphatic heterocycles. The minimum absolute atomic E-state index is 0.1000. The molecule has 0 unspecified atom stereocenters. The van der Waals surface area contributed by atoms with E-state index >= 15 is 0 Å². The van der Waals surface area contributed by atoms with E-state index in [9.17, 15) is 9.59 Å². The summed E-state index contributed by atoms with van der Waals surface area (Å²) in [5.74, 6) is -0.151. The summed E-state index contributed by atoms with van der Waals surface area (Å²) in [5.41, 5.74) is 1.86. The SMILES string of the molecule is O=C(Cn1nc(-c2ccc(Br)cc2)c2ccccc2c1=O)c1ccccc1. The fraction of sp³-hybridized carbons (Fsp3) is 0.0455. The highest BCUT2D eigenvalue weighted by molar-refractivity contribution is 9.10. The molecule has 5 heteroatoms. The third-order valence-electron chi connectivity index (χ3n) is 4.37. The molecule has 0 amide bonds. The number of aromatic nitrogens is 2. The van der Waals surface area contributed by atoms with Crippen molar-refractivity contribution in [3.05, 3.63) is 99.3 Å². The van der Waals surface area contributed by atoms with Crippen molar-refractivity contribution in [2.45, 2.75) is 6.54 Å². The van der Waals surface area contributed by atoms with E-state index in [1.54, 1.807) is 30.3 Å². The van der Waals surface area contributed by atoms with Crippen LogP contribution in [0.5, 0.6) is 0 Å². The Morgan fingerprint density at radius 1 is 0.852 bits per heavy atom. The zero-order valence-corrected chi connectivity index (χ0v) is 15.9. The van der Waals surface area contributed by atoms with Crippen LogP contribution < -0.4 is 5.56 Å². The van der Waals surface area contributed by atoms with Crippen molar-refractivity contribution < 1.29 is 4.79 Å². The van der Waals surface area contributed by atoms with Gasteiger partial charge in [-0.1, -0.05) is 76.6 Å². The molecule has 0 N–H and O–H groups in total. The molecule has 4 aromatic rings. The number of ketones is 1. The Kier molecular flexibility index (Phi) is 4.69. The molecule has 0 aliphatic rings. The third-order valence-corrected chi connectivity index (χ3v) is 4.90. The number of benzene rings is 3. The second-order valence-corrected chi connectivity index (χ2v) is 7.07. The van der Waals surface area contributed by atoms with Crippen LogP contribution in [-0.2, 0) is 6.54 Å². The number of nitrogens with zero attached hydrogens (tertiary/aromatic N) is 2. The standard InChI is InChI=1S/C22H15BrN2O2/c23-17-12-10-16(11-13-17)21-18-8-4-5-9-19(18)22(27)25(24-21)14-20(26)15-6-2-1-3-7-15/h1-13H,14H2. The predicted octanol–water partition coefficient (Wildman–Crippen LogP) is 4.71. The largest absolute Gasteiger partial charge is 0.292 e. The molecule has 4 rings (SSSR count). The lowest BCUT2D eigenvalue weighted by Crippen LogP contribution is -2.27. The smallest absolute Gasteiger partial charge is 0.275 e. The van der Waals surface area contributed by atoms with Gasteiger partial charge in [-0.25, -0.2) is 4.68 Å². The van der Waals surface area contributed by atoms with Crippen molar-refractivity contribution >= 4 is 32.5 Å². The number of hydrogen-bond donors (Lipinski definition) is 0. The van der Waals surface area contributed by atoms with E-state index in [2.05, 4.69) is 21.0 Å². The number of rotatable bonds is 4. The summed E-state index contributed by atoms with van der Waals surface area (Å²) in [6.45, 7) is -0.1000. The molecule has 0 aliphatic carbocycles. The number of halogens is 1. The van der Waals surface area contributed by atoms with E-state index in [1.165, 1.54) is 4.68 Å². The molecule has 3 aromatic carbocycles. The predicted molar refractivity (Wildman–Crippen MR) is 110 cm³/mol. The molecule has 0 spiro atoms. The van der Waals surface area contributed by atoms with Crippen molar-refractivity contribution in [1.29, 1.82) is 0 Å². The van der Waals surface area contributed by atoms with Crippen molar-refractivity contribution in [1.82, 2.24) is 9.78 Å². The Bertz CT molecular complexity index is 1180. The van der Waals surface area contributed by atoms with Crippen molar-refractivity contribution in [2.75, 3.05) is 0 Å². The van der Waals surface area contributed by atoms with Crippen LogP contribution in [0.1, 0.15) is 10.4 Å². The van der Waals surface area contributed by atoms with Gasteiger partial charge in [0.1, 0.15) is 6.54 Å². The zero-order valence-electron chi connectivity index (χ0n) is 14.3. The Morgan fingerprint density at radius 2 is 1.48 bits per heavy atom. The van der Waals surface area contributed by atoms with E-state index in [0.29, 0.717) is 16.6 Å². The van der Waals surface area contributed by atoms with Gasteiger partial charge in [0.2, 0.25) is 0 Å². The summed E-state index contributed by atoms with van der Waals surface area (Å²) in [4.78, 5) is 25.5. The molecule has 0 bridgehead atoms. The number of fused-ring (bicyclic) bond motifs is 1. The second-order valence-electron chi connectivity index (χ2n) is 6.15. The average molecular weight is 419 g/mol. The monoisotopic (exact) mass is 418 g/mol. The van der Waals surface area contributed by atoms with Crippen molar-refractivity contribution in [3.8, 4) is 11.3 Å². The summed E-state index contributed by atoms with van der Waals surface area (Å²) >= 11 is 3.43. The topological polar surface area (TPSA) is 52.0 Å². The highest BCUT2D eigenvalue weighted by Crippen LogP contribution is 2.26. The van der Waals surface area contributed by atoms with Crippen LogP contribution in [0.4, 0.5) is 0 Å². The molecular weight excluding hydrogens is 404 g/mol. The van der Waals surface area contributed by atoms with Crippen molar-refractivity contribution in [3.63, 3.8) is 0 Å². The fourth-order valence-electron chi connectivity index (χ4n) is 3.01. The van der Waals surface area contributed by atoms with E-state index < -0.39 is 0 Å². The Hall–Kier alpha value is -3.05. The van der Waals surface area contributed by atoms with Crippen LogP contribution in [0.25, 0.3) is 22.0 Å². The van der Waals surface area contributed by atoms with E-state index in [-0.39, 0.29) is 17.9 Å². The number of carbonyl (C=O) groups is 1. The molecule has 0 saturated heterocycles. The molecule has 0 radical (unpaired) electrons. The van der Waals surface area contributed by atoms with Gasteiger partial charge in [0, 0.05) is 21.0 Å². The Balaban J connectivity index is 1.86. The maximum atomic E-state index is 12.9. The van der Waals surface area contributed by atoms with Gasteiger partial charge in [-0.15, -0.1) is 0 Å². The van der Waals surface area contributed by atoms with E-state index in [1.807, 2.05) is 48.5 Å². The quantitative estimate of drug-likeness (QED) is 0.451. The van der Waals surface area contributed by atoms with Gasteiger partial charge in [-0.05, 0) is 18.2 Å². The molecule has 0 atom stereocenters. The van der Waals surface area contributed by atoms with Gasteiger partial charge in [0.25, 0.3) is 5.56 Å². The lowest BCUT2D eigenvalue weighted by molar-refractivity contribution is 0.0966. The van der Waals surface area contributed by atoms with E-state index in [0.717, 1.165) is 15.4 Å². The average Bonchev–Trinajstić information content (AvgIpc) is 2.71. The lowest BCUT2D eigenvalue weighted by atomic mass is 10.1. The number of carbonyl (C=O) groups excluding carboxylic acids is 1. The normalized spacial score (nSPS) is 10.9. The molecule has 0 fully saturated rings. The number of hydrogen-bond acceptors (Lipinski definition) is 3. The molecule has 27 heavy (non-hydrogen) atoms. The van der Waals surface area contributed by atoms with Gasteiger partial charge in [0.05, 0.1) is 11.1 Å². The first-order valence-electron chi connectivity index (χ1n) is 8.47. The highest BCUT2D eigenvalue weighted by atomic mass is 79.9. The van der Waals surface area contributed by atoms with Gasteiger partial charge in [0.15, 0.2) is 5.78 Å². The molecular formula is C22H15BrN2O2. The first-order chi connectivity index (χ1) is 13.1. The molecule has 1 aromatic heterocycles. The Morgan fingerprint density at radius 3 is 2.19 bits per heavy atom. The van der Waals surface area contributed by atoms with Crippen LogP contribution in [0.2, 0.25) is 0 Å². The molecule has 0 saturated carbocycles. The maximum Gasteiger partial charge on any atom is 0.275 e. The third kappa shape index (κ3) is 3.46. The first-order valence-corrected chi connectivity index (χ1v) is 9.27. The summed E-state index contributed by atoms with van der Waals surface area (Å²) in [6, 6.07) is 24.0. The highest BCUT2D eigenvalue weighted by Gasteiger charge is 2.15.